The summed E-state index contributed by atoms with van der Waals surface area (Å²) in [6.07, 6.45) is 1.40. The maximum absolute atomic E-state index is 11.3. The molecule has 0 unspecified atom stereocenters. The molecule has 0 bridgehead atoms. The molecule has 3 heterocycles. The smallest absolute Gasteiger partial charge is 0.358 e. The zero-order valence-electron chi connectivity index (χ0n) is 12.7. The lowest BCUT2D eigenvalue weighted by atomic mass is 10.1. The van der Waals surface area contributed by atoms with Crippen molar-refractivity contribution in [2.75, 3.05) is 0 Å². The van der Waals surface area contributed by atoms with Crippen LogP contribution in [0.2, 0.25) is 0 Å². The number of hydrogen-bond donors (Lipinski definition) is 0. The molecular weight excluding hydrogens is 433 g/mol. The van der Waals surface area contributed by atoms with E-state index in [2.05, 4.69) is 37.7 Å². The van der Waals surface area contributed by atoms with Gasteiger partial charge in [-0.2, -0.15) is 5.10 Å². The lowest BCUT2D eigenvalue weighted by Gasteiger charge is -2.02. The van der Waals surface area contributed by atoms with Gasteiger partial charge in [0.05, 0.1) is 5.69 Å². The largest absolute Gasteiger partial charge is 0.372 e. The molecule has 3 aromatic heterocycles. The van der Waals surface area contributed by atoms with Gasteiger partial charge in [0, 0.05) is 5.56 Å². The summed E-state index contributed by atoms with van der Waals surface area (Å²) in [7, 11) is 0. The first-order valence-corrected chi connectivity index (χ1v) is 8.43. The first-order chi connectivity index (χ1) is 12.1. The predicted molar refractivity (Wildman–Crippen MR) is 101 cm³/mol. The summed E-state index contributed by atoms with van der Waals surface area (Å²) < 4.78 is 2.39. The SMILES string of the molecule is O=[N+]([O-])c1ncccc1-c1nc2ccc(-c3ccccc3)nn2c1I. The monoisotopic (exact) mass is 443 g/mol. The average Bonchev–Trinajstić information content (AvgIpc) is 2.98. The van der Waals surface area contributed by atoms with E-state index in [1.165, 1.54) is 6.20 Å². The van der Waals surface area contributed by atoms with E-state index < -0.39 is 4.92 Å². The molecule has 0 aliphatic heterocycles. The molecule has 0 fully saturated rings. The van der Waals surface area contributed by atoms with E-state index in [1.54, 1.807) is 16.6 Å². The van der Waals surface area contributed by atoms with Gasteiger partial charge in [-0.05, 0) is 56.8 Å². The highest BCUT2D eigenvalue weighted by atomic mass is 127. The number of benzene rings is 1. The highest BCUT2D eigenvalue weighted by molar-refractivity contribution is 14.1. The van der Waals surface area contributed by atoms with Crippen LogP contribution in [0.3, 0.4) is 0 Å². The van der Waals surface area contributed by atoms with Crippen LogP contribution in [0.4, 0.5) is 5.82 Å². The lowest BCUT2D eigenvalue weighted by Crippen LogP contribution is -1.98. The minimum Gasteiger partial charge on any atom is -0.358 e. The highest BCUT2D eigenvalue weighted by Crippen LogP contribution is 2.31. The minimum absolute atomic E-state index is 0.216. The molecule has 0 aliphatic rings. The molecule has 0 spiro atoms. The molecule has 122 valence electrons. The summed E-state index contributed by atoms with van der Waals surface area (Å²) >= 11 is 2.10. The van der Waals surface area contributed by atoms with Crippen molar-refractivity contribution in [2.24, 2.45) is 0 Å². The third-order valence-electron chi connectivity index (χ3n) is 3.71. The van der Waals surface area contributed by atoms with Crippen molar-refractivity contribution in [1.29, 1.82) is 0 Å². The maximum Gasteiger partial charge on any atom is 0.372 e. The van der Waals surface area contributed by atoms with E-state index in [4.69, 9.17) is 0 Å². The van der Waals surface area contributed by atoms with Crippen molar-refractivity contribution in [1.82, 2.24) is 19.6 Å². The van der Waals surface area contributed by atoms with Gasteiger partial charge in [0.2, 0.25) is 0 Å². The molecular formula is C17H10IN5O2. The summed E-state index contributed by atoms with van der Waals surface area (Å²) in [6.45, 7) is 0. The Morgan fingerprint density at radius 3 is 2.60 bits per heavy atom. The molecule has 0 radical (unpaired) electrons. The van der Waals surface area contributed by atoms with Crippen molar-refractivity contribution >= 4 is 34.1 Å². The third-order valence-corrected chi connectivity index (χ3v) is 4.67. The van der Waals surface area contributed by atoms with Crippen LogP contribution >= 0.6 is 22.6 Å². The molecule has 0 saturated heterocycles. The minimum atomic E-state index is -0.502. The van der Waals surface area contributed by atoms with E-state index >= 15 is 0 Å². The number of fused-ring (bicyclic) bond motifs is 1. The standard InChI is InChI=1S/C17H10IN5O2/c18-16-15(12-7-4-10-19-17(12)23(24)25)20-14-9-8-13(21-22(14)16)11-5-2-1-3-6-11/h1-10H. The number of pyridine rings is 1. The Bertz CT molecular complexity index is 1090. The van der Waals surface area contributed by atoms with E-state index in [0.717, 1.165) is 11.3 Å². The van der Waals surface area contributed by atoms with Gasteiger partial charge < -0.3 is 10.1 Å². The lowest BCUT2D eigenvalue weighted by molar-refractivity contribution is -0.388. The van der Waals surface area contributed by atoms with Crippen LogP contribution in [0, 0.1) is 13.8 Å². The van der Waals surface area contributed by atoms with Gasteiger partial charge in [0.1, 0.15) is 21.2 Å². The van der Waals surface area contributed by atoms with E-state index in [-0.39, 0.29) is 5.82 Å². The molecule has 8 heteroatoms. The number of hydrogen-bond acceptors (Lipinski definition) is 5. The number of rotatable bonds is 3. The molecule has 4 rings (SSSR count). The molecule has 0 aliphatic carbocycles. The summed E-state index contributed by atoms with van der Waals surface area (Å²) in [6, 6.07) is 16.8. The van der Waals surface area contributed by atoms with Gasteiger partial charge in [0.15, 0.2) is 5.65 Å². The fraction of sp³-hybridized carbons (Fsp3) is 0. The average molecular weight is 443 g/mol. The summed E-state index contributed by atoms with van der Waals surface area (Å²) in [5, 5.41) is 15.9. The highest BCUT2D eigenvalue weighted by Gasteiger charge is 2.22. The Hall–Kier alpha value is -2.88. The van der Waals surface area contributed by atoms with Gasteiger partial charge in [-0.3, -0.25) is 0 Å². The number of imidazole rings is 1. The van der Waals surface area contributed by atoms with Crippen molar-refractivity contribution in [3.8, 4) is 22.5 Å². The number of aromatic nitrogens is 4. The quantitative estimate of drug-likeness (QED) is 0.272. The zero-order chi connectivity index (χ0) is 17.4. The molecule has 0 N–H and O–H groups in total. The Balaban J connectivity index is 1.91. The second-order valence-corrected chi connectivity index (χ2v) is 6.26. The predicted octanol–water partition coefficient (Wildman–Crippen LogP) is 3.97. The van der Waals surface area contributed by atoms with E-state index in [9.17, 15) is 10.1 Å². The van der Waals surface area contributed by atoms with Crippen molar-refractivity contribution in [2.45, 2.75) is 0 Å². The number of nitro groups is 1. The number of nitrogens with zero attached hydrogens (tertiary/aromatic N) is 5. The van der Waals surface area contributed by atoms with Crippen molar-refractivity contribution in [3.05, 3.63) is 74.6 Å². The van der Waals surface area contributed by atoms with Gasteiger partial charge in [-0.15, -0.1) is 0 Å². The first-order valence-electron chi connectivity index (χ1n) is 7.35. The fourth-order valence-corrected chi connectivity index (χ4v) is 3.33. The van der Waals surface area contributed by atoms with Crippen LogP contribution in [-0.2, 0) is 0 Å². The van der Waals surface area contributed by atoms with Gasteiger partial charge in [0.25, 0.3) is 0 Å². The normalized spacial score (nSPS) is 10.9. The van der Waals surface area contributed by atoms with E-state index in [0.29, 0.717) is 20.6 Å². The van der Waals surface area contributed by atoms with Gasteiger partial charge in [-0.1, -0.05) is 30.3 Å². The molecule has 0 amide bonds. The maximum atomic E-state index is 11.3. The second kappa shape index (κ2) is 6.20. The summed E-state index contributed by atoms with van der Waals surface area (Å²) in [5.41, 5.74) is 3.29. The Morgan fingerprint density at radius 1 is 1.04 bits per heavy atom. The molecule has 4 aromatic rings. The molecule has 0 saturated carbocycles. The van der Waals surface area contributed by atoms with Gasteiger partial charge >= 0.3 is 5.82 Å². The van der Waals surface area contributed by atoms with Crippen molar-refractivity contribution in [3.63, 3.8) is 0 Å². The molecule has 7 nitrogen and oxygen atoms in total. The molecule has 25 heavy (non-hydrogen) atoms. The van der Waals surface area contributed by atoms with Gasteiger partial charge in [-0.25, -0.2) is 9.50 Å². The van der Waals surface area contributed by atoms with Crippen LogP contribution in [0.1, 0.15) is 0 Å². The van der Waals surface area contributed by atoms with Crippen LogP contribution in [0.15, 0.2) is 60.8 Å². The Labute approximate surface area is 155 Å². The molecule has 0 atom stereocenters. The summed E-state index contributed by atoms with van der Waals surface area (Å²) in [5.74, 6) is -0.216. The first kappa shape index (κ1) is 15.6. The van der Waals surface area contributed by atoms with E-state index in [1.807, 2.05) is 42.5 Å². The molecule has 1 aromatic carbocycles. The van der Waals surface area contributed by atoms with Crippen LogP contribution in [0.25, 0.3) is 28.2 Å². The Kier molecular flexibility index (Phi) is 3.88. The number of halogens is 1. The Morgan fingerprint density at radius 2 is 1.84 bits per heavy atom. The van der Waals surface area contributed by atoms with Crippen LogP contribution in [-0.4, -0.2) is 24.5 Å². The van der Waals surface area contributed by atoms with Crippen molar-refractivity contribution < 1.29 is 4.92 Å². The third kappa shape index (κ3) is 2.74. The van der Waals surface area contributed by atoms with Crippen LogP contribution in [0.5, 0.6) is 0 Å². The topological polar surface area (TPSA) is 86.2 Å². The summed E-state index contributed by atoms with van der Waals surface area (Å²) in [4.78, 5) is 19.1. The van der Waals surface area contributed by atoms with Crippen LogP contribution < -0.4 is 0 Å². The zero-order valence-corrected chi connectivity index (χ0v) is 14.9. The fourth-order valence-electron chi connectivity index (χ4n) is 2.57. The second-order valence-electron chi connectivity index (χ2n) is 5.24.